The predicted octanol–water partition coefficient (Wildman–Crippen LogP) is 0.0216. The Labute approximate surface area is 103 Å². The topological polar surface area (TPSA) is 66.5 Å². The van der Waals surface area contributed by atoms with Crippen LogP contribution in [0.1, 0.15) is 26.2 Å². The van der Waals surface area contributed by atoms with Gasteiger partial charge in [0.2, 0.25) is 5.91 Å². The third-order valence-electron chi connectivity index (χ3n) is 3.13. The van der Waals surface area contributed by atoms with Crippen molar-refractivity contribution in [3.63, 3.8) is 0 Å². The quantitative estimate of drug-likeness (QED) is 0.685. The summed E-state index contributed by atoms with van der Waals surface area (Å²) >= 11 is 0. The molecule has 1 atom stereocenters. The normalized spacial score (nSPS) is 22.6. The molecular formula is C11H22N2O3S. The molecule has 0 aromatic heterocycles. The lowest BCUT2D eigenvalue weighted by atomic mass is 10.2. The van der Waals surface area contributed by atoms with Gasteiger partial charge in [-0.3, -0.25) is 4.79 Å². The highest BCUT2D eigenvalue weighted by Crippen LogP contribution is 2.18. The van der Waals surface area contributed by atoms with Crippen LogP contribution in [-0.4, -0.2) is 56.9 Å². The number of carbonyl (C=O) groups is 1. The average molecular weight is 262 g/mol. The van der Waals surface area contributed by atoms with Gasteiger partial charge in [-0.2, -0.15) is 0 Å². The number of carbonyl (C=O) groups excluding carboxylic acids is 1. The van der Waals surface area contributed by atoms with Gasteiger partial charge in [-0.15, -0.1) is 0 Å². The molecule has 6 heteroatoms. The Morgan fingerprint density at radius 2 is 2.18 bits per heavy atom. The van der Waals surface area contributed by atoms with Gasteiger partial charge in [-0.1, -0.05) is 0 Å². The smallest absolute Gasteiger partial charge is 0.222 e. The highest BCUT2D eigenvalue weighted by atomic mass is 32.2. The SMILES string of the molecule is CCN(C(=O)CCCNC)C1CCS(=O)(=O)C1. The van der Waals surface area contributed by atoms with E-state index in [1.54, 1.807) is 4.90 Å². The van der Waals surface area contributed by atoms with Gasteiger partial charge in [-0.05, 0) is 33.4 Å². The van der Waals surface area contributed by atoms with Crippen molar-refractivity contribution in [2.75, 3.05) is 31.6 Å². The Hall–Kier alpha value is -0.620. The van der Waals surface area contributed by atoms with Crippen LogP contribution in [-0.2, 0) is 14.6 Å². The van der Waals surface area contributed by atoms with Crippen LogP contribution in [0, 0.1) is 0 Å². The lowest BCUT2D eigenvalue weighted by molar-refractivity contribution is -0.132. The molecule has 17 heavy (non-hydrogen) atoms. The molecular weight excluding hydrogens is 240 g/mol. The summed E-state index contributed by atoms with van der Waals surface area (Å²) < 4.78 is 22.8. The Kier molecular flexibility index (Phi) is 5.39. The first-order valence-corrected chi connectivity index (χ1v) is 7.96. The monoisotopic (exact) mass is 262 g/mol. The van der Waals surface area contributed by atoms with Crippen LogP contribution in [0.25, 0.3) is 0 Å². The molecule has 1 amide bonds. The van der Waals surface area contributed by atoms with Crippen LogP contribution >= 0.6 is 0 Å². The molecule has 1 heterocycles. The molecule has 1 unspecified atom stereocenters. The maximum Gasteiger partial charge on any atom is 0.222 e. The van der Waals surface area contributed by atoms with Gasteiger partial charge in [-0.25, -0.2) is 8.42 Å². The summed E-state index contributed by atoms with van der Waals surface area (Å²) in [7, 11) is -1.06. The summed E-state index contributed by atoms with van der Waals surface area (Å²) in [6.07, 6.45) is 1.88. The first-order chi connectivity index (χ1) is 8.00. The summed E-state index contributed by atoms with van der Waals surface area (Å²) in [6.45, 7) is 3.31. The van der Waals surface area contributed by atoms with Crippen LogP contribution in [0.2, 0.25) is 0 Å². The highest BCUT2D eigenvalue weighted by molar-refractivity contribution is 7.91. The predicted molar refractivity (Wildman–Crippen MR) is 67.6 cm³/mol. The maximum absolute atomic E-state index is 12.0. The lowest BCUT2D eigenvalue weighted by Gasteiger charge is -2.26. The second kappa shape index (κ2) is 6.35. The molecule has 0 aromatic carbocycles. The molecule has 1 N–H and O–H groups in total. The molecule has 1 aliphatic rings. The van der Waals surface area contributed by atoms with Gasteiger partial charge in [0.05, 0.1) is 11.5 Å². The number of amides is 1. The Morgan fingerprint density at radius 1 is 1.47 bits per heavy atom. The second-order valence-electron chi connectivity index (χ2n) is 4.44. The zero-order valence-corrected chi connectivity index (χ0v) is 11.4. The van der Waals surface area contributed by atoms with Gasteiger partial charge >= 0.3 is 0 Å². The van der Waals surface area contributed by atoms with Crippen molar-refractivity contribution in [2.24, 2.45) is 0 Å². The molecule has 0 aromatic rings. The fourth-order valence-corrected chi connectivity index (χ4v) is 3.95. The molecule has 100 valence electrons. The molecule has 0 bridgehead atoms. The maximum atomic E-state index is 12.0. The summed E-state index contributed by atoms with van der Waals surface area (Å²) in [5.74, 6) is 0.432. The largest absolute Gasteiger partial charge is 0.339 e. The van der Waals surface area contributed by atoms with Gasteiger partial charge in [0.15, 0.2) is 9.84 Å². The van der Waals surface area contributed by atoms with E-state index < -0.39 is 9.84 Å². The fourth-order valence-electron chi connectivity index (χ4n) is 2.22. The number of sulfone groups is 1. The molecule has 1 saturated heterocycles. The van der Waals surface area contributed by atoms with Crippen molar-refractivity contribution in [1.29, 1.82) is 0 Å². The minimum atomic E-state index is -2.92. The Morgan fingerprint density at radius 3 is 2.65 bits per heavy atom. The lowest BCUT2D eigenvalue weighted by Crippen LogP contribution is -2.41. The molecule has 0 spiro atoms. The summed E-state index contributed by atoms with van der Waals surface area (Å²) in [5, 5.41) is 3.00. The first kappa shape index (κ1) is 14.4. The molecule has 1 fully saturated rings. The number of hydrogen-bond donors (Lipinski definition) is 1. The van der Waals surface area contributed by atoms with Crippen LogP contribution in [0.4, 0.5) is 0 Å². The van der Waals surface area contributed by atoms with E-state index in [0.717, 1.165) is 13.0 Å². The van der Waals surface area contributed by atoms with Crippen LogP contribution < -0.4 is 5.32 Å². The number of nitrogens with zero attached hydrogens (tertiary/aromatic N) is 1. The van der Waals surface area contributed by atoms with E-state index in [4.69, 9.17) is 0 Å². The van der Waals surface area contributed by atoms with Crippen molar-refractivity contribution in [2.45, 2.75) is 32.2 Å². The van der Waals surface area contributed by atoms with Crippen molar-refractivity contribution in [1.82, 2.24) is 10.2 Å². The summed E-state index contributed by atoms with van der Waals surface area (Å²) in [6, 6.07) is -0.105. The molecule has 1 rings (SSSR count). The Bertz CT molecular complexity index is 354. The van der Waals surface area contributed by atoms with Crippen molar-refractivity contribution in [3.05, 3.63) is 0 Å². The number of hydrogen-bond acceptors (Lipinski definition) is 4. The standard InChI is InChI=1S/C11H22N2O3S/c1-3-13(11(14)5-4-7-12-2)10-6-8-17(15,16)9-10/h10,12H,3-9H2,1-2H3. The van der Waals surface area contributed by atoms with E-state index in [-0.39, 0.29) is 23.5 Å². The molecule has 5 nitrogen and oxygen atoms in total. The summed E-state index contributed by atoms with van der Waals surface area (Å²) in [4.78, 5) is 13.7. The number of rotatable bonds is 6. The minimum absolute atomic E-state index is 0.0739. The minimum Gasteiger partial charge on any atom is -0.339 e. The molecule has 1 aliphatic heterocycles. The third kappa shape index (κ3) is 4.27. The zero-order valence-electron chi connectivity index (χ0n) is 10.6. The molecule has 0 aliphatic carbocycles. The van der Waals surface area contributed by atoms with Gasteiger partial charge in [0, 0.05) is 19.0 Å². The van der Waals surface area contributed by atoms with E-state index in [0.29, 0.717) is 19.4 Å². The van der Waals surface area contributed by atoms with Gasteiger partial charge in [0.1, 0.15) is 0 Å². The second-order valence-corrected chi connectivity index (χ2v) is 6.67. The summed E-state index contributed by atoms with van der Waals surface area (Å²) in [5.41, 5.74) is 0. The van der Waals surface area contributed by atoms with Crippen LogP contribution in [0.15, 0.2) is 0 Å². The Balaban J connectivity index is 2.50. The van der Waals surface area contributed by atoms with Crippen molar-refractivity contribution < 1.29 is 13.2 Å². The van der Waals surface area contributed by atoms with Crippen molar-refractivity contribution >= 4 is 15.7 Å². The van der Waals surface area contributed by atoms with Crippen LogP contribution in [0.5, 0.6) is 0 Å². The average Bonchev–Trinajstić information content (AvgIpc) is 2.60. The van der Waals surface area contributed by atoms with E-state index in [9.17, 15) is 13.2 Å². The van der Waals surface area contributed by atoms with E-state index in [1.165, 1.54) is 0 Å². The number of nitrogens with one attached hydrogen (secondary N) is 1. The molecule has 0 saturated carbocycles. The van der Waals surface area contributed by atoms with E-state index in [1.807, 2.05) is 14.0 Å². The van der Waals surface area contributed by atoms with Crippen molar-refractivity contribution in [3.8, 4) is 0 Å². The third-order valence-corrected chi connectivity index (χ3v) is 4.88. The zero-order chi connectivity index (χ0) is 12.9. The van der Waals surface area contributed by atoms with Gasteiger partial charge in [0.25, 0.3) is 0 Å². The first-order valence-electron chi connectivity index (χ1n) is 6.14. The highest BCUT2D eigenvalue weighted by Gasteiger charge is 2.33. The van der Waals surface area contributed by atoms with Gasteiger partial charge < -0.3 is 10.2 Å². The fraction of sp³-hybridized carbons (Fsp3) is 0.909. The molecule has 0 radical (unpaired) electrons. The van der Waals surface area contributed by atoms with E-state index in [2.05, 4.69) is 5.32 Å². The van der Waals surface area contributed by atoms with Crippen LogP contribution in [0.3, 0.4) is 0 Å². The van der Waals surface area contributed by atoms with E-state index >= 15 is 0 Å².